The monoisotopic (exact) mass is 332 g/mol. The molecule has 3 N–H and O–H groups in total. The first kappa shape index (κ1) is 16.5. The molecule has 2 saturated carbocycles. The van der Waals surface area contributed by atoms with Crippen LogP contribution in [0, 0.1) is 34.5 Å². The summed E-state index contributed by atoms with van der Waals surface area (Å²) in [5.41, 5.74) is -1.80. The van der Waals surface area contributed by atoms with E-state index >= 15 is 0 Å². The fourth-order valence-electron chi connectivity index (χ4n) is 6.41. The Hall–Kier alpha value is -0.970. The van der Waals surface area contributed by atoms with Crippen molar-refractivity contribution in [2.45, 2.75) is 58.8 Å². The van der Waals surface area contributed by atoms with Gasteiger partial charge in [0.1, 0.15) is 17.8 Å². The summed E-state index contributed by atoms with van der Waals surface area (Å²) in [4.78, 5) is 13.7. The minimum Gasteiger partial charge on any atom is -0.386 e. The predicted octanol–water partition coefficient (Wildman–Crippen LogP) is 1.84. The average molecular weight is 332 g/mol. The molecule has 0 aromatic rings. The highest BCUT2D eigenvalue weighted by Crippen LogP contribution is 2.71. The van der Waals surface area contributed by atoms with Crippen LogP contribution in [0.3, 0.4) is 0 Å². The molecule has 0 saturated heterocycles. The van der Waals surface area contributed by atoms with Crippen LogP contribution in [-0.4, -0.2) is 38.9 Å². The van der Waals surface area contributed by atoms with Gasteiger partial charge in [0, 0.05) is 5.92 Å². The molecule has 8 atom stereocenters. The summed E-state index contributed by atoms with van der Waals surface area (Å²) in [7, 11) is 0. The van der Waals surface area contributed by atoms with Crippen LogP contribution >= 0.6 is 0 Å². The van der Waals surface area contributed by atoms with E-state index in [0.717, 1.165) is 6.42 Å². The third-order valence-corrected chi connectivity index (χ3v) is 7.88. The number of hydrogen-bond acceptors (Lipinski definition) is 4. The maximum atomic E-state index is 13.7. The van der Waals surface area contributed by atoms with Gasteiger partial charge in [-0.2, -0.15) is 0 Å². The minimum absolute atomic E-state index is 0.0256. The Morgan fingerprint density at radius 2 is 1.71 bits per heavy atom. The van der Waals surface area contributed by atoms with Crippen LogP contribution < -0.4 is 0 Å². The molecule has 4 rings (SSSR count). The molecule has 0 aliphatic heterocycles. The highest BCUT2D eigenvalue weighted by molar-refractivity contribution is 5.95. The second-order valence-electron chi connectivity index (χ2n) is 9.28. The molecule has 5 unspecified atom stereocenters. The molecule has 4 aliphatic carbocycles. The molecular weight excluding hydrogens is 304 g/mol. The summed E-state index contributed by atoms with van der Waals surface area (Å²) in [6.45, 7) is 9.91. The van der Waals surface area contributed by atoms with Gasteiger partial charge in [0.05, 0.1) is 5.41 Å². The first-order valence-electron chi connectivity index (χ1n) is 9.01. The van der Waals surface area contributed by atoms with Gasteiger partial charge >= 0.3 is 0 Å². The Kier molecular flexibility index (Phi) is 3.03. The van der Waals surface area contributed by atoms with Gasteiger partial charge in [-0.15, -0.1) is 0 Å². The van der Waals surface area contributed by atoms with E-state index in [2.05, 4.69) is 13.8 Å². The SMILES string of the molecule is CC1=C[C@]23C(=O)C(C=C(C)[C@@H](O)C2(O)C1O)C1C(C[C@H]3C)C1(C)C. The normalized spacial score (nSPS) is 54.9. The van der Waals surface area contributed by atoms with Gasteiger partial charge in [-0.05, 0) is 54.6 Å². The van der Waals surface area contributed by atoms with E-state index in [1.807, 2.05) is 13.0 Å². The van der Waals surface area contributed by atoms with Crippen LogP contribution in [0.4, 0.5) is 0 Å². The largest absolute Gasteiger partial charge is 0.386 e. The summed E-state index contributed by atoms with van der Waals surface area (Å²) in [5, 5.41) is 33.2. The molecule has 4 nitrogen and oxygen atoms in total. The maximum Gasteiger partial charge on any atom is 0.153 e. The van der Waals surface area contributed by atoms with Gasteiger partial charge in [0.2, 0.25) is 0 Å². The van der Waals surface area contributed by atoms with Crippen molar-refractivity contribution in [1.82, 2.24) is 0 Å². The van der Waals surface area contributed by atoms with E-state index in [0.29, 0.717) is 17.1 Å². The number of carbonyl (C=O) groups is 1. The van der Waals surface area contributed by atoms with Crippen molar-refractivity contribution in [3.8, 4) is 0 Å². The van der Waals surface area contributed by atoms with Crippen LogP contribution in [0.1, 0.15) is 41.0 Å². The third-order valence-electron chi connectivity index (χ3n) is 7.88. The van der Waals surface area contributed by atoms with Gasteiger partial charge in [-0.25, -0.2) is 0 Å². The van der Waals surface area contributed by atoms with Crippen LogP contribution in [0.2, 0.25) is 0 Å². The molecule has 0 aromatic carbocycles. The molecule has 4 heteroatoms. The van der Waals surface area contributed by atoms with Crippen LogP contribution in [0.15, 0.2) is 23.3 Å². The Morgan fingerprint density at radius 3 is 2.33 bits per heavy atom. The number of rotatable bonds is 0. The van der Waals surface area contributed by atoms with Crippen molar-refractivity contribution in [3.05, 3.63) is 23.3 Å². The molecular formula is C20H28O4. The second-order valence-corrected chi connectivity index (χ2v) is 9.28. The first-order valence-corrected chi connectivity index (χ1v) is 9.01. The molecule has 0 heterocycles. The molecule has 0 radical (unpaired) electrons. The van der Waals surface area contributed by atoms with Gasteiger partial charge in [-0.3, -0.25) is 4.79 Å². The fraction of sp³-hybridized carbons (Fsp3) is 0.750. The lowest BCUT2D eigenvalue weighted by Crippen LogP contribution is -2.64. The summed E-state index contributed by atoms with van der Waals surface area (Å²) in [6.07, 6.45) is 2.01. The van der Waals surface area contributed by atoms with Gasteiger partial charge in [0.15, 0.2) is 5.78 Å². The predicted molar refractivity (Wildman–Crippen MR) is 89.9 cm³/mol. The Balaban J connectivity index is 1.99. The van der Waals surface area contributed by atoms with Crippen molar-refractivity contribution in [2.24, 2.45) is 34.5 Å². The van der Waals surface area contributed by atoms with Gasteiger partial charge in [0.25, 0.3) is 0 Å². The number of carbonyl (C=O) groups excluding carboxylic acids is 1. The topological polar surface area (TPSA) is 77.8 Å². The van der Waals surface area contributed by atoms with Crippen LogP contribution in [-0.2, 0) is 4.79 Å². The number of aliphatic hydroxyl groups excluding tert-OH is 2. The lowest BCUT2D eigenvalue weighted by Gasteiger charge is -2.48. The van der Waals surface area contributed by atoms with E-state index in [4.69, 9.17) is 0 Å². The molecule has 2 bridgehead atoms. The Bertz CT molecular complexity index is 690. The summed E-state index contributed by atoms with van der Waals surface area (Å²) in [5.74, 6) is 0.240. The van der Waals surface area contributed by atoms with Crippen molar-refractivity contribution in [3.63, 3.8) is 0 Å². The highest BCUT2D eigenvalue weighted by atomic mass is 16.4. The highest BCUT2D eigenvalue weighted by Gasteiger charge is 2.75. The molecule has 24 heavy (non-hydrogen) atoms. The maximum absolute atomic E-state index is 13.7. The molecule has 1 spiro atoms. The number of aliphatic hydroxyl groups is 3. The number of hydrogen-bond donors (Lipinski definition) is 3. The van der Waals surface area contributed by atoms with Crippen molar-refractivity contribution in [2.75, 3.05) is 0 Å². The molecule has 0 amide bonds. The molecule has 132 valence electrons. The standard InChI is InChI=1S/C20H28O4/c1-9-6-12-14-13(18(14,4)5)7-11(3)19(17(12)23)8-10(2)16(22)20(19,24)15(9)21/h6,8,11-16,21-22,24H,7H2,1-5H3/t11-,12?,13?,14?,15-,16?,19+,20?/m1/s1. The quantitative estimate of drug-likeness (QED) is 0.592. The van der Waals surface area contributed by atoms with E-state index in [1.54, 1.807) is 19.9 Å². The Morgan fingerprint density at radius 1 is 1.12 bits per heavy atom. The van der Waals surface area contributed by atoms with E-state index in [-0.39, 0.29) is 29.0 Å². The molecule has 2 fully saturated rings. The van der Waals surface area contributed by atoms with Gasteiger partial charge in [-0.1, -0.05) is 32.9 Å². The van der Waals surface area contributed by atoms with E-state index in [9.17, 15) is 20.1 Å². The Labute approximate surface area is 143 Å². The minimum atomic E-state index is -1.87. The summed E-state index contributed by atoms with van der Waals surface area (Å²) in [6, 6.07) is 0. The summed E-state index contributed by atoms with van der Waals surface area (Å²) < 4.78 is 0. The number of fused-ring (bicyclic) bond motifs is 3. The molecule has 4 aliphatic rings. The number of allylic oxidation sites excluding steroid dienone is 1. The van der Waals surface area contributed by atoms with Crippen LogP contribution in [0.25, 0.3) is 0 Å². The van der Waals surface area contributed by atoms with Crippen molar-refractivity contribution >= 4 is 5.78 Å². The zero-order chi connectivity index (χ0) is 17.8. The lowest BCUT2D eigenvalue weighted by molar-refractivity contribution is -0.189. The average Bonchev–Trinajstić information content (AvgIpc) is 3.01. The second kappa shape index (κ2) is 4.40. The van der Waals surface area contributed by atoms with Crippen LogP contribution in [0.5, 0.6) is 0 Å². The summed E-state index contributed by atoms with van der Waals surface area (Å²) >= 11 is 0. The lowest BCUT2D eigenvalue weighted by atomic mass is 9.59. The third kappa shape index (κ3) is 1.50. The first-order chi connectivity index (χ1) is 11.0. The number of Topliss-reactive ketones (excluding diaryl/α,β-unsaturated/α-hetero) is 1. The van der Waals surface area contributed by atoms with E-state index < -0.39 is 23.2 Å². The zero-order valence-electron chi connectivity index (χ0n) is 15.1. The van der Waals surface area contributed by atoms with Crippen molar-refractivity contribution < 1.29 is 20.1 Å². The molecule has 0 aromatic heterocycles. The fourth-order valence-corrected chi connectivity index (χ4v) is 6.41. The van der Waals surface area contributed by atoms with Crippen molar-refractivity contribution in [1.29, 1.82) is 0 Å². The van der Waals surface area contributed by atoms with Gasteiger partial charge < -0.3 is 15.3 Å². The van der Waals surface area contributed by atoms with E-state index in [1.165, 1.54) is 0 Å². The smallest absolute Gasteiger partial charge is 0.153 e. The zero-order valence-corrected chi connectivity index (χ0v) is 15.1. The number of ketones is 1.